The van der Waals surface area contributed by atoms with E-state index in [0.29, 0.717) is 4.57 Å². The van der Waals surface area contributed by atoms with Crippen molar-refractivity contribution < 1.29 is 41.7 Å². The monoisotopic (exact) mass is 528 g/mol. The van der Waals surface area contributed by atoms with Crippen LogP contribution in [0.25, 0.3) is 49.4 Å². The minimum atomic E-state index is -3.94. The number of fused-ring (bicyclic) bond motifs is 7. The fourth-order valence-corrected chi connectivity index (χ4v) is 4.71. The van der Waals surface area contributed by atoms with Crippen LogP contribution in [0.3, 0.4) is 0 Å². The van der Waals surface area contributed by atoms with E-state index in [1.807, 2.05) is 0 Å². The third-order valence-corrected chi connectivity index (χ3v) is 6.37. The molecule has 0 radical (unpaired) electrons. The average Bonchev–Trinajstić information content (AvgIpc) is 3.58. The first-order valence-corrected chi connectivity index (χ1v) is 11.3. The molecule has 0 fully saturated rings. The van der Waals surface area contributed by atoms with E-state index in [1.165, 1.54) is 0 Å². The van der Waals surface area contributed by atoms with Gasteiger partial charge in [0.05, 0.1) is 39.8 Å². The van der Waals surface area contributed by atoms with Gasteiger partial charge in [-0.05, 0) is 52.8 Å². The Hall–Kier alpha value is -4.82. The molecular formula is C37H27NO. The van der Waals surface area contributed by atoms with Crippen LogP contribution >= 0.6 is 0 Å². The second-order valence-electron chi connectivity index (χ2n) is 8.52. The van der Waals surface area contributed by atoms with Crippen LogP contribution in [0.2, 0.25) is 0 Å². The molecule has 1 aromatic heterocycles. The molecule has 0 saturated heterocycles. The van der Waals surface area contributed by atoms with E-state index in [9.17, 15) is 8.22 Å². The maximum absolute atomic E-state index is 9.75. The Balaban J connectivity index is 1.75. The molecule has 2 heterocycles. The molecule has 2 nitrogen and oxygen atoms in total. The summed E-state index contributed by atoms with van der Waals surface area (Å²) in [4.78, 5) is 0. The van der Waals surface area contributed by atoms with Crippen LogP contribution in [-0.2, 0) is 5.41 Å². The number of hydrogen-bond acceptors (Lipinski definition) is 1. The van der Waals surface area contributed by atoms with Gasteiger partial charge in [0.25, 0.3) is 0 Å². The van der Waals surface area contributed by atoms with E-state index >= 15 is 0 Å². The summed E-state index contributed by atoms with van der Waals surface area (Å²) in [6.07, 6.45) is 0. The topological polar surface area (TPSA) is 14.2 Å². The summed E-state index contributed by atoms with van der Waals surface area (Å²) < 4.78 is 246. The van der Waals surface area contributed by atoms with E-state index in [4.69, 9.17) is 33.5 Å². The Kier molecular flexibility index (Phi) is 1.68. The molecule has 1 aliphatic rings. The number of hydrogen-bond donors (Lipinski definition) is 0. The van der Waals surface area contributed by atoms with Gasteiger partial charge in [0.15, 0.2) is 0 Å². The molecule has 186 valence electrons. The van der Waals surface area contributed by atoms with Crippen molar-refractivity contribution in [2.75, 3.05) is 0 Å². The summed E-state index contributed by atoms with van der Waals surface area (Å²) in [5, 5.41) is -2.68. The molecule has 0 N–H and O–H groups in total. The zero-order chi connectivity index (χ0) is 49.4. The summed E-state index contributed by atoms with van der Waals surface area (Å²) in [5.41, 5.74) is -10.4. The van der Waals surface area contributed by atoms with Crippen molar-refractivity contribution in [3.05, 3.63) is 138 Å². The lowest BCUT2D eigenvalue weighted by Gasteiger charge is -2.34. The lowest BCUT2D eigenvalue weighted by Crippen LogP contribution is -2.24. The zero-order valence-electron chi connectivity index (χ0n) is 46.4. The predicted octanol–water partition coefficient (Wildman–Crippen LogP) is 10.0. The normalized spacial score (nSPS) is 24.3. The van der Waals surface area contributed by atoms with Crippen LogP contribution in [0.15, 0.2) is 127 Å². The number of aromatic nitrogens is 1. The molecule has 0 amide bonds. The maximum Gasteiger partial charge on any atom is 0.131 e. The second kappa shape index (κ2) is 8.09. The van der Waals surface area contributed by atoms with Gasteiger partial charge in [0, 0.05) is 46.6 Å². The first-order valence-electron chi connectivity index (χ1n) is 24.8. The van der Waals surface area contributed by atoms with Gasteiger partial charge in [0.1, 0.15) is 11.5 Å². The van der Waals surface area contributed by atoms with Gasteiger partial charge in [-0.3, -0.25) is 0 Å². The van der Waals surface area contributed by atoms with Crippen LogP contribution in [0.1, 0.15) is 61.8 Å². The van der Waals surface area contributed by atoms with Crippen LogP contribution in [0.5, 0.6) is 11.5 Å². The first-order chi connectivity index (χ1) is 30.4. The van der Waals surface area contributed by atoms with Gasteiger partial charge in [-0.1, -0.05) is 104 Å². The number of nitrogens with zero attached hydrogens (tertiary/aromatic N) is 1. The molecule has 0 bridgehead atoms. The minimum absolute atomic E-state index is 0.629. The highest BCUT2D eigenvalue weighted by Gasteiger charge is 2.34. The van der Waals surface area contributed by atoms with Crippen molar-refractivity contribution in [1.29, 1.82) is 0 Å². The first kappa shape index (κ1) is 8.09. The van der Waals surface area contributed by atoms with Gasteiger partial charge >= 0.3 is 0 Å². The van der Waals surface area contributed by atoms with E-state index in [0.717, 1.165) is 0 Å². The summed E-state index contributed by atoms with van der Waals surface area (Å²) in [5.74, 6) is -2.17. The highest BCUT2D eigenvalue weighted by atomic mass is 16.5. The molecule has 6 aromatic carbocycles. The van der Waals surface area contributed by atoms with E-state index < -0.39 is 218 Å². The van der Waals surface area contributed by atoms with Crippen molar-refractivity contribution in [3.63, 3.8) is 0 Å². The van der Waals surface area contributed by atoms with Crippen molar-refractivity contribution in [2.45, 2.75) is 19.1 Å². The molecule has 2 heteroatoms. The zero-order valence-corrected chi connectivity index (χ0v) is 19.4. The molecule has 0 unspecified atom stereocenters. The Morgan fingerprint density at radius 2 is 1.46 bits per heavy atom. The molecule has 0 aliphatic carbocycles. The van der Waals surface area contributed by atoms with Crippen LogP contribution in [0.4, 0.5) is 0 Å². The number of benzene rings is 6. The Labute approximate surface area is 265 Å². The number of para-hydroxylation sites is 2. The van der Waals surface area contributed by atoms with Gasteiger partial charge in [0.2, 0.25) is 0 Å². The molecule has 7 aromatic rings. The summed E-state index contributed by atoms with van der Waals surface area (Å²) in [6, 6.07) is -21.7. The Bertz CT molecular complexity index is 3390. The maximum atomic E-state index is 9.75. The predicted molar refractivity (Wildman–Crippen MR) is 162 cm³/mol. The summed E-state index contributed by atoms with van der Waals surface area (Å²) >= 11 is 0. The molecule has 0 atom stereocenters. The van der Waals surface area contributed by atoms with Crippen LogP contribution in [0, 0.1) is 0 Å². The average molecular weight is 529 g/mol. The highest BCUT2D eigenvalue weighted by Crippen LogP contribution is 2.49. The molecule has 0 spiro atoms. The smallest absolute Gasteiger partial charge is 0.131 e. The van der Waals surface area contributed by atoms with Gasteiger partial charge in [-0.2, -0.15) is 0 Å². The summed E-state index contributed by atoms with van der Waals surface area (Å²) in [6.45, 7) is -7.88. The quantitative estimate of drug-likeness (QED) is 0.218. The van der Waals surface area contributed by atoms with Gasteiger partial charge in [-0.25, -0.2) is 0 Å². The van der Waals surface area contributed by atoms with E-state index in [-0.39, 0.29) is 0 Å². The molecular weight excluding hydrogens is 474 g/mol. The highest BCUT2D eigenvalue weighted by molar-refractivity contribution is 6.22. The number of rotatable bonds is 2. The third kappa shape index (κ3) is 3.15. The van der Waals surface area contributed by atoms with Crippen LogP contribution < -0.4 is 4.74 Å². The SMILES string of the molecule is [2H]c1c([2H])c([2H])c(-n2c3c([2H])c([2H])c([2H])c(-c4c([2H])c([2H])c5c(c4[2H])C(C([2H])([2H])[2H])(C([2H])([2H])[2H])c4c([2H])c([2H])c([2H])c([2H])c4O5)c3c3c([2H])c([2H])c4c([2H])c([2H])c([2H])c([2H])c4c32)c([2H])c1[2H]. The second-order valence-corrected chi connectivity index (χ2v) is 8.52. The third-order valence-electron chi connectivity index (χ3n) is 6.37. The van der Waals surface area contributed by atoms with Crippen LogP contribution in [-0.4, -0.2) is 4.57 Å². The lowest BCUT2D eigenvalue weighted by atomic mass is 9.75. The van der Waals surface area contributed by atoms with E-state index in [2.05, 4.69) is 0 Å². The molecule has 1 aliphatic heterocycles. The summed E-state index contributed by atoms with van der Waals surface area (Å²) in [7, 11) is 0. The Morgan fingerprint density at radius 3 is 2.36 bits per heavy atom. The van der Waals surface area contributed by atoms with Gasteiger partial charge < -0.3 is 9.30 Å². The van der Waals surface area contributed by atoms with Gasteiger partial charge in [-0.15, -0.1) is 0 Å². The molecule has 0 saturated carbocycles. The lowest BCUT2D eigenvalue weighted by molar-refractivity contribution is 0.418. The van der Waals surface area contributed by atoms with Crippen molar-refractivity contribution in [1.82, 2.24) is 4.57 Å². The van der Waals surface area contributed by atoms with Crippen molar-refractivity contribution >= 4 is 32.6 Å². The largest absolute Gasteiger partial charge is 0.457 e. The minimum Gasteiger partial charge on any atom is -0.457 e. The van der Waals surface area contributed by atoms with Crippen molar-refractivity contribution in [2.24, 2.45) is 0 Å². The molecule has 8 rings (SSSR count). The molecule has 39 heavy (non-hydrogen) atoms. The van der Waals surface area contributed by atoms with E-state index in [1.54, 1.807) is 0 Å². The standard InChI is InChI=1S/C37H27NO/c1-37(2)30-16-8-9-18-33(30)39-34-22-20-25(23-31(34)37)27-15-10-17-32-35(27)29-21-19-24-11-6-7-14-28(24)36(29)38(32)26-12-4-3-5-13-26/h3-23H,1-2H3/i1D3,2D3,3D,4D,5D,6D,7D,8D,9D,10D,11D,12D,13D,14D,15D,16D,17D,18D,19D,20D,21D,22D,23D. The van der Waals surface area contributed by atoms with Crippen molar-refractivity contribution in [3.8, 4) is 28.3 Å². The Morgan fingerprint density at radius 1 is 0.667 bits per heavy atom. The number of ether oxygens (including phenoxy) is 1. The fraction of sp³-hybridized carbons (Fsp3) is 0.0811. The fourth-order valence-electron chi connectivity index (χ4n) is 4.71.